The highest BCUT2D eigenvalue weighted by Crippen LogP contribution is 2.30. The third-order valence-corrected chi connectivity index (χ3v) is 3.88. The first-order valence-corrected chi connectivity index (χ1v) is 7.46. The molecule has 0 radical (unpaired) electrons. The van der Waals surface area contributed by atoms with Gasteiger partial charge in [-0.05, 0) is 18.9 Å². The first-order chi connectivity index (χ1) is 11.2. The Morgan fingerprint density at radius 1 is 1.43 bits per heavy atom. The van der Waals surface area contributed by atoms with Crippen LogP contribution in [0.25, 0.3) is 5.78 Å². The van der Waals surface area contributed by atoms with Crippen LogP contribution in [0.15, 0.2) is 23.0 Å². The summed E-state index contributed by atoms with van der Waals surface area (Å²) in [5, 5.41) is 8.22. The first-order valence-electron chi connectivity index (χ1n) is 7.46. The fraction of sp³-hybridized carbons (Fsp3) is 0.429. The highest BCUT2D eigenvalue weighted by molar-refractivity contribution is 5.78. The van der Waals surface area contributed by atoms with E-state index in [2.05, 4.69) is 25.2 Å². The summed E-state index contributed by atoms with van der Waals surface area (Å²) in [6, 6.07) is 1.64. The summed E-state index contributed by atoms with van der Waals surface area (Å²) in [7, 11) is 0. The minimum Gasteiger partial charge on any atom is -0.340 e. The number of carbonyl (C=O) groups is 1. The lowest BCUT2D eigenvalue weighted by Crippen LogP contribution is -2.32. The monoisotopic (exact) mass is 313 g/mol. The molecule has 1 fully saturated rings. The Morgan fingerprint density at radius 3 is 3.13 bits per heavy atom. The van der Waals surface area contributed by atoms with Gasteiger partial charge >= 0.3 is 0 Å². The number of amides is 1. The van der Waals surface area contributed by atoms with Gasteiger partial charge in [0.2, 0.25) is 11.8 Å². The number of aryl methyl sites for hydroxylation is 1. The van der Waals surface area contributed by atoms with Crippen molar-refractivity contribution in [3.8, 4) is 0 Å². The van der Waals surface area contributed by atoms with Crippen LogP contribution in [0.1, 0.15) is 36.4 Å². The van der Waals surface area contributed by atoms with Crippen LogP contribution in [0.2, 0.25) is 0 Å². The molecule has 0 unspecified atom stereocenters. The Labute approximate surface area is 131 Å². The summed E-state index contributed by atoms with van der Waals surface area (Å²) in [4.78, 5) is 27.0. The Bertz CT molecular complexity index is 823. The molecule has 1 saturated heterocycles. The molecular weight excluding hydrogens is 298 g/mol. The van der Waals surface area contributed by atoms with Crippen LogP contribution in [0.3, 0.4) is 0 Å². The molecule has 0 saturated carbocycles. The molecule has 9 heteroatoms. The van der Waals surface area contributed by atoms with Crippen molar-refractivity contribution in [2.45, 2.75) is 32.2 Å². The second kappa shape index (κ2) is 5.41. The van der Waals surface area contributed by atoms with Crippen molar-refractivity contribution in [1.82, 2.24) is 34.6 Å². The summed E-state index contributed by atoms with van der Waals surface area (Å²) < 4.78 is 6.59. The van der Waals surface area contributed by atoms with Gasteiger partial charge in [-0.3, -0.25) is 4.79 Å². The van der Waals surface area contributed by atoms with E-state index in [9.17, 15) is 4.79 Å². The fourth-order valence-electron chi connectivity index (χ4n) is 2.87. The largest absolute Gasteiger partial charge is 0.340 e. The zero-order valence-electron chi connectivity index (χ0n) is 12.6. The summed E-state index contributed by atoms with van der Waals surface area (Å²) in [5.41, 5.74) is 0. The second-order valence-electron chi connectivity index (χ2n) is 5.49. The molecule has 3 aromatic heterocycles. The molecule has 4 rings (SSSR count). The maximum absolute atomic E-state index is 12.6. The van der Waals surface area contributed by atoms with Gasteiger partial charge in [0.1, 0.15) is 0 Å². The van der Waals surface area contributed by atoms with Gasteiger partial charge in [-0.15, -0.1) is 5.10 Å². The van der Waals surface area contributed by atoms with Crippen LogP contribution >= 0.6 is 0 Å². The molecule has 23 heavy (non-hydrogen) atoms. The summed E-state index contributed by atoms with van der Waals surface area (Å²) in [6.45, 7) is 2.42. The van der Waals surface area contributed by atoms with Gasteiger partial charge in [-0.1, -0.05) is 5.16 Å². The third kappa shape index (κ3) is 2.54. The number of carbonyl (C=O) groups excluding carboxylic acids is 1. The molecule has 1 aliphatic rings. The Balaban J connectivity index is 1.53. The van der Waals surface area contributed by atoms with E-state index in [0.29, 0.717) is 29.9 Å². The molecule has 1 aliphatic heterocycles. The van der Waals surface area contributed by atoms with Crippen molar-refractivity contribution < 1.29 is 9.32 Å². The molecule has 0 aromatic carbocycles. The number of likely N-dealkylation sites (tertiary alicyclic amines) is 1. The maximum atomic E-state index is 12.6. The van der Waals surface area contributed by atoms with E-state index in [1.807, 2.05) is 0 Å². The van der Waals surface area contributed by atoms with Crippen LogP contribution in [0.5, 0.6) is 0 Å². The van der Waals surface area contributed by atoms with Crippen molar-refractivity contribution >= 4 is 11.7 Å². The second-order valence-corrected chi connectivity index (χ2v) is 5.49. The molecule has 0 spiro atoms. The van der Waals surface area contributed by atoms with E-state index in [0.717, 1.165) is 12.8 Å². The Morgan fingerprint density at radius 2 is 2.35 bits per heavy atom. The van der Waals surface area contributed by atoms with Gasteiger partial charge in [0.05, 0.1) is 12.5 Å². The van der Waals surface area contributed by atoms with Crippen LogP contribution in [-0.4, -0.2) is 47.1 Å². The van der Waals surface area contributed by atoms with Gasteiger partial charge in [-0.2, -0.15) is 9.97 Å². The molecule has 4 heterocycles. The van der Waals surface area contributed by atoms with Gasteiger partial charge in [0.15, 0.2) is 11.6 Å². The molecule has 0 N–H and O–H groups in total. The summed E-state index contributed by atoms with van der Waals surface area (Å²) in [5.74, 6) is 1.99. The highest BCUT2D eigenvalue weighted by Gasteiger charge is 2.33. The van der Waals surface area contributed by atoms with Crippen LogP contribution in [0, 0.1) is 6.92 Å². The van der Waals surface area contributed by atoms with Crippen LogP contribution < -0.4 is 0 Å². The Hall–Kier alpha value is -2.84. The van der Waals surface area contributed by atoms with E-state index in [-0.39, 0.29) is 18.4 Å². The third-order valence-electron chi connectivity index (χ3n) is 3.88. The van der Waals surface area contributed by atoms with Crippen LogP contribution in [0.4, 0.5) is 0 Å². The molecule has 1 atom stereocenters. The van der Waals surface area contributed by atoms with E-state index >= 15 is 0 Å². The number of aromatic nitrogens is 6. The number of nitrogens with zero attached hydrogens (tertiary/aromatic N) is 7. The van der Waals surface area contributed by atoms with E-state index in [4.69, 9.17) is 4.52 Å². The quantitative estimate of drug-likeness (QED) is 0.702. The van der Waals surface area contributed by atoms with Crippen molar-refractivity contribution in [2.75, 3.05) is 6.54 Å². The van der Waals surface area contributed by atoms with E-state index in [1.54, 1.807) is 34.8 Å². The minimum atomic E-state index is -0.130. The normalized spacial score (nSPS) is 18.0. The first kappa shape index (κ1) is 13.8. The molecule has 0 bridgehead atoms. The van der Waals surface area contributed by atoms with Gasteiger partial charge in [0.25, 0.3) is 5.78 Å². The molecule has 9 nitrogen and oxygen atoms in total. The highest BCUT2D eigenvalue weighted by atomic mass is 16.5. The lowest BCUT2D eigenvalue weighted by molar-refractivity contribution is -0.131. The minimum absolute atomic E-state index is 0.0362. The SMILES string of the molecule is Cc1nc([C@H]2CCCN2C(=O)Cc2nc3ncccn3n2)no1. The number of rotatable bonds is 3. The lowest BCUT2D eigenvalue weighted by atomic mass is 10.2. The van der Waals surface area contributed by atoms with Crippen molar-refractivity contribution in [3.63, 3.8) is 0 Å². The predicted molar refractivity (Wildman–Crippen MR) is 77.2 cm³/mol. The summed E-state index contributed by atoms with van der Waals surface area (Å²) in [6.07, 6.45) is 5.29. The zero-order valence-corrected chi connectivity index (χ0v) is 12.6. The number of hydrogen-bond donors (Lipinski definition) is 0. The fourth-order valence-corrected chi connectivity index (χ4v) is 2.87. The maximum Gasteiger partial charge on any atom is 0.252 e. The molecule has 3 aromatic rings. The van der Waals surface area contributed by atoms with Gasteiger partial charge < -0.3 is 9.42 Å². The van der Waals surface area contributed by atoms with Gasteiger partial charge in [-0.25, -0.2) is 9.50 Å². The number of hydrogen-bond acceptors (Lipinski definition) is 7. The summed E-state index contributed by atoms with van der Waals surface area (Å²) >= 11 is 0. The molecule has 118 valence electrons. The average Bonchev–Trinajstić information content (AvgIpc) is 3.24. The molecule has 0 aliphatic carbocycles. The lowest BCUT2D eigenvalue weighted by Gasteiger charge is -2.21. The average molecular weight is 313 g/mol. The van der Waals surface area contributed by atoms with E-state index < -0.39 is 0 Å². The molecule has 1 amide bonds. The number of fused-ring (bicyclic) bond motifs is 1. The topological polar surface area (TPSA) is 102 Å². The predicted octanol–water partition coefficient (Wildman–Crippen LogP) is 0.722. The standard InChI is InChI=1S/C14H15N7O2/c1-9-16-13(19-23-9)10-4-2-6-20(10)12(22)8-11-17-14-15-5-3-7-21(14)18-11/h3,5,7,10H,2,4,6,8H2,1H3/t10-/m1/s1. The van der Waals surface area contributed by atoms with Crippen molar-refractivity contribution in [1.29, 1.82) is 0 Å². The van der Waals surface area contributed by atoms with Crippen molar-refractivity contribution in [3.05, 3.63) is 36.0 Å². The van der Waals surface area contributed by atoms with Gasteiger partial charge in [0, 0.05) is 25.9 Å². The smallest absolute Gasteiger partial charge is 0.252 e. The Kier molecular flexibility index (Phi) is 3.25. The van der Waals surface area contributed by atoms with E-state index in [1.165, 1.54) is 0 Å². The molecular formula is C14H15N7O2. The van der Waals surface area contributed by atoms with Crippen molar-refractivity contribution in [2.24, 2.45) is 0 Å². The van der Waals surface area contributed by atoms with Crippen LogP contribution in [-0.2, 0) is 11.2 Å². The zero-order chi connectivity index (χ0) is 15.8.